The standard InChI is InChI=1S/C26H28FN3O6S/c1-26(2)18(11-22(36-26)24-17-10-16(27)5-6-19(17)29-25(24)33)15-4-7-23(28-12-15)30(8-3-9-31)20-13-37(34,35)14-21(20)32/h4-7,10-12,20-21,31-32H,3,8-9,13-14H2,1-2H3,(H,29,33). The summed E-state index contributed by atoms with van der Waals surface area (Å²) in [5.74, 6) is -0.510. The average molecular weight is 530 g/mol. The van der Waals surface area contributed by atoms with Gasteiger partial charge in [0.25, 0.3) is 5.91 Å². The molecule has 1 aromatic heterocycles. The summed E-state index contributed by atoms with van der Waals surface area (Å²) in [4.78, 5) is 19.0. The van der Waals surface area contributed by atoms with Gasteiger partial charge in [-0.3, -0.25) is 4.79 Å². The zero-order valence-corrected chi connectivity index (χ0v) is 21.3. The first-order chi connectivity index (χ1) is 17.5. The van der Waals surface area contributed by atoms with Crippen LogP contribution in [0.1, 0.15) is 31.4 Å². The van der Waals surface area contributed by atoms with Crippen molar-refractivity contribution in [2.45, 2.75) is 38.0 Å². The monoisotopic (exact) mass is 529 g/mol. The summed E-state index contributed by atoms with van der Waals surface area (Å²) in [5.41, 5.74) is 1.89. The fourth-order valence-electron chi connectivity index (χ4n) is 5.12. The summed E-state index contributed by atoms with van der Waals surface area (Å²) in [6.07, 6.45) is 2.72. The summed E-state index contributed by atoms with van der Waals surface area (Å²) in [6, 6.07) is 6.99. The quantitative estimate of drug-likeness (QED) is 0.486. The predicted octanol–water partition coefficient (Wildman–Crippen LogP) is 2.12. The molecule has 2 unspecified atom stereocenters. The number of hydrogen-bond donors (Lipinski definition) is 3. The summed E-state index contributed by atoms with van der Waals surface area (Å²) in [5, 5.41) is 22.5. The molecule has 37 heavy (non-hydrogen) atoms. The third-order valence-corrected chi connectivity index (χ3v) is 8.56. The molecule has 0 saturated carbocycles. The van der Waals surface area contributed by atoms with Gasteiger partial charge < -0.3 is 25.2 Å². The maximum Gasteiger partial charge on any atom is 0.260 e. The van der Waals surface area contributed by atoms with Crippen LogP contribution in [0.25, 0.3) is 11.1 Å². The summed E-state index contributed by atoms with van der Waals surface area (Å²) >= 11 is 0. The van der Waals surface area contributed by atoms with Crippen LogP contribution in [0.2, 0.25) is 0 Å². The number of allylic oxidation sites excluding steroid dienone is 1. The summed E-state index contributed by atoms with van der Waals surface area (Å²) in [6.45, 7) is 3.96. The number of anilines is 2. The number of aromatic nitrogens is 1. The van der Waals surface area contributed by atoms with Gasteiger partial charge in [0.05, 0.1) is 29.2 Å². The van der Waals surface area contributed by atoms with E-state index in [1.165, 1.54) is 18.2 Å². The number of aliphatic hydroxyl groups excluding tert-OH is 2. The van der Waals surface area contributed by atoms with E-state index in [9.17, 15) is 27.8 Å². The van der Waals surface area contributed by atoms with E-state index in [1.54, 1.807) is 23.2 Å². The highest BCUT2D eigenvalue weighted by Gasteiger charge is 2.41. The van der Waals surface area contributed by atoms with Crippen LogP contribution in [0.4, 0.5) is 15.9 Å². The van der Waals surface area contributed by atoms with Crippen molar-refractivity contribution in [2.24, 2.45) is 0 Å². The number of pyridine rings is 1. The molecule has 0 aliphatic carbocycles. The predicted molar refractivity (Wildman–Crippen MR) is 137 cm³/mol. The number of nitrogens with one attached hydrogen (secondary N) is 1. The molecule has 0 bridgehead atoms. The fourth-order valence-corrected chi connectivity index (χ4v) is 6.92. The average Bonchev–Trinajstić information content (AvgIpc) is 3.42. The Kier molecular flexibility index (Phi) is 6.33. The van der Waals surface area contributed by atoms with Crippen molar-refractivity contribution in [3.8, 4) is 0 Å². The fraction of sp³-hybridized carbons (Fsp3) is 0.385. The Morgan fingerprint density at radius 1 is 1.24 bits per heavy atom. The molecular weight excluding hydrogens is 501 g/mol. The number of amides is 1. The van der Waals surface area contributed by atoms with Gasteiger partial charge in [0.1, 0.15) is 23.0 Å². The van der Waals surface area contributed by atoms with Gasteiger partial charge in [-0.25, -0.2) is 17.8 Å². The number of aliphatic hydroxyl groups is 2. The minimum absolute atomic E-state index is 0.0827. The van der Waals surface area contributed by atoms with E-state index < -0.39 is 33.4 Å². The SMILES string of the molecule is CC1(C)OC(=C2C(=O)Nc3ccc(F)cc32)C=C1c1ccc(N(CCCO)C2CS(=O)(=O)CC2O)nc1. The molecule has 3 N–H and O–H groups in total. The van der Waals surface area contributed by atoms with Crippen LogP contribution in [0.3, 0.4) is 0 Å². The van der Waals surface area contributed by atoms with E-state index in [1.807, 2.05) is 19.9 Å². The van der Waals surface area contributed by atoms with Crippen molar-refractivity contribution in [1.82, 2.24) is 4.98 Å². The number of benzene rings is 1. The van der Waals surface area contributed by atoms with Gasteiger partial charge in [-0.1, -0.05) is 0 Å². The van der Waals surface area contributed by atoms with Crippen LogP contribution < -0.4 is 10.2 Å². The Labute approximate surface area is 214 Å². The highest BCUT2D eigenvalue weighted by Crippen LogP contribution is 2.44. The van der Waals surface area contributed by atoms with Crippen molar-refractivity contribution in [3.63, 3.8) is 0 Å². The molecule has 196 valence electrons. The lowest BCUT2D eigenvalue weighted by Crippen LogP contribution is -2.44. The Balaban J connectivity index is 1.49. The third-order valence-electron chi connectivity index (χ3n) is 6.87. The maximum absolute atomic E-state index is 13.9. The Bertz CT molecular complexity index is 1420. The third kappa shape index (κ3) is 4.74. The van der Waals surface area contributed by atoms with Crippen LogP contribution >= 0.6 is 0 Å². The van der Waals surface area contributed by atoms with Gasteiger partial charge in [-0.15, -0.1) is 0 Å². The number of carbonyl (C=O) groups is 1. The number of rotatable bonds is 6. The first-order valence-electron chi connectivity index (χ1n) is 12.0. The zero-order chi connectivity index (χ0) is 26.5. The highest BCUT2D eigenvalue weighted by molar-refractivity contribution is 7.91. The molecule has 3 aliphatic heterocycles. The Morgan fingerprint density at radius 3 is 2.68 bits per heavy atom. The molecule has 11 heteroatoms. The zero-order valence-electron chi connectivity index (χ0n) is 20.4. The molecule has 1 fully saturated rings. The first-order valence-corrected chi connectivity index (χ1v) is 13.8. The van der Waals surface area contributed by atoms with Gasteiger partial charge in [-0.05, 0) is 56.7 Å². The molecular formula is C26H28FN3O6S. The van der Waals surface area contributed by atoms with E-state index in [0.717, 1.165) is 11.1 Å². The van der Waals surface area contributed by atoms with E-state index in [2.05, 4.69) is 10.3 Å². The van der Waals surface area contributed by atoms with Crippen molar-refractivity contribution >= 4 is 38.4 Å². The number of halogens is 1. The highest BCUT2D eigenvalue weighted by atomic mass is 32.2. The number of hydrogen-bond acceptors (Lipinski definition) is 8. The van der Waals surface area contributed by atoms with E-state index >= 15 is 0 Å². The molecule has 1 amide bonds. The summed E-state index contributed by atoms with van der Waals surface area (Å²) < 4.78 is 44.2. The van der Waals surface area contributed by atoms with Crippen molar-refractivity contribution in [1.29, 1.82) is 0 Å². The molecule has 1 aromatic carbocycles. The lowest BCUT2D eigenvalue weighted by atomic mass is 9.93. The maximum atomic E-state index is 13.9. The lowest BCUT2D eigenvalue weighted by molar-refractivity contribution is -0.111. The molecule has 3 aliphatic rings. The molecule has 2 aromatic rings. The smallest absolute Gasteiger partial charge is 0.260 e. The topological polar surface area (TPSA) is 129 Å². The second-order valence-electron chi connectivity index (χ2n) is 9.94. The largest absolute Gasteiger partial charge is 0.482 e. The Morgan fingerprint density at radius 2 is 2.03 bits per heavy atom. The van der Waals surface area contributed by atoms with Gasteiger partial charge in [0, 0.05) is 41.7 Å². The van der Waals surface area contributed by atoms with Gasteiger partial charge >= 0.3 is 0 Å². The van der Waals surface area contributed by atoms with Crippen LogP contribution in [0.5, 0.6) is 0 Å². The molecule has 4 heterocycles. The lowest BCUT2D eigenvalue weighted by Gasteiger charge is -2.31. The molecule has 2 atom stereocenters. The van der Waals surface area contributed by atoms with Gasteiger partial charge in [0.2, 0.25) is 0 Å². The van der Waals surface area contributed by atoms with Gasteiger partial charge in [0.15, 0.2) is 9.84 Å². The normalized spacial score (nSPS) is 25.4. The molecule has 5 rings (SSSR count). The minimum Gasteiger partial charge on any atom is -0.482 e. The van der Waals surface area contributed by atoms with Gasteiger partial charge in [-0.2, -0.15) is 0 Å². The second-order valence-corrected chi connectivity index (χ2v) is 12.1. The molecule has 0 radical (unpaired) electrons. The van der Waals surface area contributed by atoms with Crippen LogP contribution in [0.15, 0.2) is 48.4 Å². The summed E-state index contributed by atoms with van der Waals surface area (Å²) in [7, 11) is -3.37. The van der Waals surface area contributed by atoms with Crippen molar-refractivity contribution in [2.75, 3.05) is 34.9 Å². The van der Waals surface area contributed by atoms with Crippen LogP contribution in [-0.2, 0) is 19.4 Å². The number of fused-ring (bicyclic) bond motifs is 1. The van der Waals surface area contributed by atoms with E-state index in [-0.39, 0.29) is 29.6 Å². The first kappa shape index (κ1) is 25.4. The molecule has 1 saturated heterocycles. The van der Waals surface area contributed by atoms with E-state index in [4.69, 9.17) is 4.74 Å². The molecule has 9 nitrogen and oxygen atoms in total. The van der Waals surface area contributed by atoms with Crippen LogP contribution in [-0.4, -0.2) is 71.9 Å². The Hall–Kier alpha value is -3.28. The van der Waals surface area contributed by atoms with Crippen LogP contribution in [0, 0.1) is 5.82 Å². The van der Waals surface area contributed by atoms with Crippen molar-refractivity contribution in [3.05, 3.63) is 65.3 Å². The second kappa shape index (κ2) is 9.23. The molecule has 0 spiro atoms. The minimum atomic E-state index is -3.37. The number of ether oxygens (including phenoxy) is 1. The number of sulfone groups is 1. The number of carbonyl (C=O) groups excluding carboxylic acids is 1. The van der Waals surface area contributed by atoms with E-state index in [0.29, 0.717) is 35.8 Å². The number of nitrogens with zero attached hydrogens (tertiary/aromatic N) is 2. The van der Waals surface area contributed by atoms with Crippen molar-refractivity contribution < 1.29 is 32.6 Å².